The maximum atomic E-state index is 12.5. The Labute approximate surface area is 169 Å². The minimum Gasteiger partial charge on any atom is -0.490 e. The van der Waals surface area contributed by atoms with Crippen molar-refractivity contribution in [2.45, 2.75) is 83.3 Å². The Bertz CT molecular complexity index is 707. The Balaban J connectivity index is 1.23. The Morgan fingerprint density at radius 2 is 1.68 bits per heavy atom. The molecule has 28 heavy (non-hydrogen) atoms. The normalized spacial score (nSPS) is 29.9. The monoisotopic (exact) mass is 385 g/mol. The van der Waals surface area contributed by atoms with E-state index in [2.05, 4.69) is 45.0 Å². The topological polar surface area (TPSA) is 49.8 Å². The lowest BCUT2D eigenvalue weighted by atomic mass is 9.66. The van der Waals surface area contributed by atoms with Gasteiger partial charge in [-0.1, -0.05) is 32.9 Å². The molecule has 1 aromatic rings. The molecule has 0 aromatic heterocycles. The Hall–Kier alpha value is -1.55. The summed E-state index contributed by atoms with van der Waals surface area (Å²) < 4.78 is 6.24. The molecule has 1 heterocycles. The number of hydrogen-bond donors (Lipinski definition) is 1. The summed E-state index contributed by atoms with van der Waals surface area (Å²) in [6, 6.07) is 8.55. The van der Waals surface area contributed by atoms with Crippen molar-refractivity contribution in [2.75, 3.05) is 13.1 Å². The SMILES string of the molecule is CC(C)(C)c1ccc(OC2CCC3(CC2)CN(C(=O)[C@H]2C[C@@](C)(O)C2)C3)cc1. The van der Waals surface area contributed by atoms with Crippen molar-refractivity contribution in [1.29, 1.82) is 0 Å². The van der Waals surface area contributed by atoms with Crippen molar-refractivity contribution < 1.29 is 14.6 Å². The summed E-state index contributed by atoms with van der Waals surface area (Å²) in [5.41, 5.74) is 1.19. The molecular weight excluding hydrogens is 350 g/mol. The highest BCUT2D eigenvalue weighted by atomic mass is 16.5. The molecule has 0 bridgehead atoms. The van der Waals surface area contributed by atoms with E-state index in [1.807, 2.05) is 11.8 Å². The number of likely N-dealkylation sites (tertiary alicyclic amines) is 1. The van der Waals surface area contributed by atoms with Crippen LogP contribution in [0.25, 0.3) is 0 Å². The maximum absolute atomic E-state index is 12.5. The second-order valence-corrected chi connectivity index (χ2v) is 10.9. The van der Waals surface area contributed by atoms with Gasteiger partial charge in [-0.25, -0.2) is 0 Å². The summed E-state index contributed by atoms with van der Waals surface area (Å²) in [4.78, 5) is 14.5. The lowest BCUT2D eigenvalue weighted by molar-refractivity contribution is -0.164. The third kappa shape index (κ3) is 3.94. The van der Waals surface area contributed by atoms with Crippen molar-refractivity contribution in [1.82, 2.24) is 4.90 Å². The van der Waals surface area contributed by atoms with Crippen LogP contribution in [-0.4, -0.2) is 40.7 Å². The number of aliphatic hydroxyl groups is 1. The molecule has 2 aliphatic carbocycles. The molecule has 1 saturated heterocycles. The number of rotatable bonds is 3. The van der Waals surface area contributed by atoms with Crippen LogP contribution >= 0.6 is 0 Å². The summed E-state index contributed by atoms with van der Waals surface area (Å²) in [5.74, 6) is 1.27. The van der Waals surface area contributed by atoms with Gasteiger partial charge < -0.3 is 14.7 Å². The van der Waals surface area contributed by atoms with E-state index in [0.29, 0.717) is 18.3 Å². The Morgan fingerprint density at radius 3 is 2.18 bits per heavy atom. The quantitative estimate of drug-likeness (QED) is 0.844. The van der Waals surface area contributed by atoms with E-state index in [-0.39, 0.29) is 23.3 Å². The first kappa shape index (κ1) is 19.8. The van der Waals surface area contributed by atoms with Gasteiger partial charge >= 0.3 is 0 Å². The molecule has 1 spiro atoms. The minimum atomic E-state index is -0.622. The van der Waals surface area contributed by atoms with Crippen LogP contribution in [0.15, 0.2) is 24.3 Å². The Kier molecular flexibility index (Phi) is 4.77. The van der Waals surface area contributed by atoms with Gasteiger partial charge in [0.2, 0.25) is 5.91 Å². The second kappa shape index (κ2) is 6.76. The average Bonchev–Trinajstić information content (AvgIpc) is 2.57. The largest absolute Gasteiger partial charge is 0.490 e. The van der Waals surface area contributed by atoms with Gasteiger partial charge in [-0.2, -0.15) is 0 Å². The highest BCUT2D eigenvalue weighted by molar-refractivity contribution is 5.81. The number of nitrogens with zero attached hydrogens (tertiary/aromatic N) is 1. The first-order valence-corrected chi connectivity index (χ1v) is 10.8. The van der Waals surface area contributed by atoms with Crippen molar-refractivity contribution in [2.24, 2.45) is 11.3 Å². The zero-order chi connectivity index (χ0) is 20.2. The molecule has 1 aromatic carbocycles. The molecule has 3 fully saturated rings. The van der Waals surface area contributed by atoms with Gasteiger partial charge in [0.15, 0.2) is 0 Å². The van der Waals surface area contributed by atoms with Gasteiger partial charge in [0.05, 0.1) is 11.7 Å². The first-order valence-electron chi connectivity index (χ1n) is 10.8. The average molecular weight is 386 g/mol. The van der Waals surface area contributed by atoms with E-state index in [1.165, 1.54) is 5.56 Å². The molecule has 4 nitrogen and oxygen atoms in total. The molecule has 0 atom stereocenters. The number of hydrogen-bond acceptors (Lipinski definition) is 3. The Morgan fingerprint density at radius 1 is 1.11 bits per heavy atom. The molecule has 0 unspecified atom stereocenters. The van der Waals surface area contributed by atoms with E-state index in [0.717, 1.165) is 44.5 Å². The van der Waals surface area contributed by atoms with E-state index in [4.69, 9.17) is 4.74 Å². The van der Waals surface area contributed by atoms with E-state index in [1.54, 1.807) is 0 Å². The summed E-state index contributed by atoms with van der Waals surface area (Å²) >= 11 is 0. The highest BCUT2D eigenvalue weighted by Crippen LogP contribution is 2.47. The molecule has 1 aliphatic heterocycles. The van der Waals surface area contributed by atoms with E-state index < -0.39 is 5.60 Å². The lowest BCUT2D eigenvalue weighted by Crippen LogP contribution is -2.63. The number of ether oxygens (including phenoxy) is 1. The van der Waals surface area contributed by atoms with Crippen LogP contribution in [0.5, 0.6) is 5.75 Å². The maximum Gasteiger partial charge on any atom is 0.225 e. The standard InChI is InChI=1S/C24H35NO3/c1-22(2,3)18-5-7-19(8-6-18)28-20-9-11-24(12-10-20)15-25(16-24)21(26)17-13-23(4,27)14-17/h5-8,17,20,27H,9-16H2,1-4H3/t17-,23+. The third-order valence-electron chi connectivity index (χ3n) is 7.10. The summed E-state index contributed by atoms with van der Waals surface area (Å²) in [7, 11) is 0. The van der Waals surface area contributed by atoms with Crippen molar-refractivity contribution in [3.05, 3.63) is 29.8 Å². The first-order chi connectivity index (χ1) is 13.1. The molecule has 0 radical (unpaired) electrons. The molecule has 154 valence electrons. The van der Waals surface area contributed by atoms with E-state index >= 15 is 0 Å². The second-order valence-electron chi connectivity index (χ2n) is 10.9. The third-order valence-corrected chi connectivity index (χ3v) is 7.10. The summed E-state index contributed by atoms with van der Waals surface area (Å²) in [6.45, 7) is 10.3. The van der Waals surface area contributed by atoms with Gasteiger partial charge in [0, 0.05) is 24.4 Å². The van der Waals surface area contributed by atoms with Gasteiger partial charge in [-0.3, -0.25) is 4.79 Å². The summed E-state index contributed by atoms with van der Waals surface area (Å²) in [5, 5.41) is 9.87. The predicted octanol–water partition coefficient (Wildman–Crippen LogP) is 4.30. The van der Waals surface area contributed by atoms with Crippen LogP contribution in [-0.2, 0) is 10.2 Å². The molecule has 4 heteroatoms. The number of carbonyl (C=O) groups is 1. The zero-order valence-electron chi connectivity index (χ0n) is 17.8. The van der Waals surface area contributed by atoms with Crippen molar-refractivity contribution >= 4 is 5.91 Å². The number of benzene rings is 1. The number of carbonyl (C=O) groups excluding carboxylic acids is 1. The van der Waals surface area contributed by atoms with Crippen molar-refractivity contribution in [3.63, 3.8) is 0 Å². The van der Waals surface area contributed by atoms with Crippen LogP contribution in [0, 0.1) is 11.3 Å². The fourth-order valence-corrected chi connectivity index (χ4v) is 5.22. The fourth-order valence-electron chi connectivity index (χ4n) is 5.22. The summed E-state index contributed by atoms with van der Waals surface area (Å²) in [6.07, 6.45) is 5.96. The van der Waals surface area contributed by atoms with Gasteiger partial charge in [0.1, 0.15) is 5.75 Å². The molecular formula is C24H35NO3. The highest BCUT2D eigenvalue weighted by Gasteiger charge is 2.51. The molecule has 2 saturated carbocycles. The van der Waals surface area contributed by atoms with Gasteiger partial charge in [-0.15, -0.1) is 0 Å². The zero-order valence-corrected chi connectivity index (χ0v) is 17.8. The van der Waals surface area contributed by atoms with E-state index in [9.17, 15) is 9.90 Å². The van der Waals surface area contributed by atoms with Crippen LogP contribution < -0.4 is 4.74 Å². The molecule has 1 N–H and O–H groups in total. The van der Waals surface area contributed by atoms with Gasteiger partial charge in [-0.05, 0) is 68.6 Å². The van der Waals surface area contributed by atoms with Crippen molar-refractivity contribution in [3.8, 4) is 5.75 Å². The van der Waals surface area contributed by atoms with Crippen LogP contribution in [0.3, 0.4) is 0 Å². The fraction of sp³-hybridized carbons (Fsp3) is 0.708. The minimum absolute atomic E-state index is 0.0445. The van der Waals surface area contributed by atoms with Gasteiger partial charge in [0.25, 0.3) is 0 Å². The molecule has 3 aliphatic rings. The van der Waals surface area contributed by atoms with Crippen LogP contribution in [0.2, 0.25) is 0 Å². The number of amides is 1. The van der Waals surface area contributed by atoms with Crippen LogP contribution in [0.1, 0.15) is 71.8 Å². The lowest BCUT2D eigenvalue weighted by Gasteiger charge is -2.55. The predicted molar refractivity (Wildman–Crippen MR) is 110 cm³/mol. The molecule has 4 rings (SSSR count). The van der Waals surface area contributed by atoms with Crippen LogP contribution in [0.4, 0.5) is 0 Å². The smallest absolute Gasteiger partial charge is 0.225 e. The molecule has 1 amide bonds.